The third-order valence-electron chi connectivity index (χ3n) is 2.68. The Labute approximate surface area is 129 Å². The van der Waals surface area contributed by atoms with Crippen molar-refractivity contribution in [3.05, 3.63) is 63.3 Å². The molecule has 0 bridgehead atoms. The molecule has 20 heavy (non-hydrogen) atoms. The molecule has 1 unspecified atom stereocenters. The summed E-state index contributed by atoms with van der Waals surface area (Å²) in [6, 6.07) is 10.7. The van der Waals surface area contributed by atoms with Crippen molar-refractivity contribution in [2.45, 2.75) is 13.0 Å². The molecule has 2 nitrogen and oxygen atoms in total. The minimum Gasteiger partial charge on any atom is -0.481 e. The van der Waals surface area contributed by atoms with Gasteiger partial charge in [-0.2, -0.15) is 0 Å². The van der Waals surface area contributed by atoms with E-state index in [0.29, 0.717) is 15.1 Å². The number of hydrogen-bond donors (Lipinski definition) is 0. The van der Waals surface area contributed by atoms with Crippen LogP contribution in [0, 0.1) is 5.82 Å². The van der Waals surface area contributed by atoms with E-state index in [1.165, 1.54) is 18.2 Å². The summed E-state index contributed by atoms with van der Waals surface area (Å²) in [5, 5.41) is 0.481. The Bertz CT molecular complexity index is 646. The summed E-state index contributed by atoms with van der Waals surface area (Å²) in [4.78, 5) is 12.2. The fraction of sp³-hybridized carbons (Fsp3) is 0.133. The van der Waals surface area contributed by atoms with Gasteiger partial charge in [0.15, 0.2) is 6.10 Å². The number of ketones is 1. The molecule has 5 heteroatoms. The summed E-state index contributed by atoms with van der Waals surface area (Å²) in [7, 11) is 0. The molecular weight excluding hydrogens is 347 g/mol. The zero-order chi connectivity index (χ0) is 14.7. The van der Waals surface area contributed by atoms with Crippen molar-refractivity contribution in [3.63, 3.8) is 0 Å². The summed E-state index contributed by atoms with van der Waals surface area (Å²) in [5.74, 6) is -0.359. The number of hydrogen-bond acceptors (Lipinski definition) is 2. The smallest absolute Gasteiger partial charge is 0.203 e. The van der Waals surface area contributed by atoms with E-state index in [4.69, 9.17) is 16.3 Å². The molecule has 0 fully saturated rings. The fourth-order valence-corrected chi connectivity index (χ4v) is 2.22. The average molecular weight is 358 g/mol. The van der Waals surface area contributed by atoms with Crippen molar-refractivity contribution < 1.29 is 13.9 Å². The Kier molecular flexibility index (Phi) is 4.78. The molecule has 2 rings (SSSR count). The second-order valence-electron chi connectivity index (χ2n) is 4.21. The Morgan fingerprint density at radius 3 is 2.75 bits per heavy atom. The molecular formula is C15H11BrClFO2. The van der Waals surface area contributed by atoms with Crippen LogP contribution < -0.4 is 4.74 Å². The monoisotopic (exact) mass is 356 g/mol. The highest BCUT2D eigenvalue weighted by Gasteiger charge is 2.18. The van der Waals surface area contributed by atoms with Crippen LogP contribution in [0.25, 0.3) is 0 Å². The lowest BCUT2D eigenvalue weighted by Gasteiger charge is -2.15. The lowest BCUT2D eigenvalue weighted by atomic mass is 10.1. The summed E-state index contributed by atoms with van der Waals surface area (Å²) in [6.07, 6.45) is -0.744. The van der Waals surface area contributed by atoms with Gasteiger partial charge in [0.05, 0.1) is 4.47 Å². The molecule has 0 N–H and O–H groups in total. The van der Waals surface area contributed by atoms with Crippen LogP contribution in [0.1, 0.15) is 17.3 Å². The Hall–Kier alpha value is -1.39. The second kappa shape index (κ2) is 6.37. The molecule has 2 aromatic carbocycles. The summed E-state index contributed by atoms with van der Waals surface area (Å²) >= 11 is 9.10. The molecule has 104 valence electrons. The molecule has 0 aliphatic rings. The summed E-state index contributed by atoms with van der Waals surface area (Å²) in [6.45, 7) is 1.61. The van der Waals surface area contributed by atoms with Gasteiger partial charge in [-0.15, -0.1) is 0 Å². The maximum Gasteiger partial charge on any atom is 0.203 e. The van der Waals surface area contributed by atoms with Gasteiger partial charge in [0.2, 0.25) is 5.78 Å². The number of Topliss-reactive ketones (excluding diaryl/α,β-unsaturated/α-hetero) is 1. The Morgan fingerprint density at radius 1 is 1.30 bits per heavy atom. The van der Waals surface area contributed by atoms with Crippen molar-refractivity contribution in [2.75, 3.05) is 0 Å². The number of ether oxygens (including phenoxy) is 1. The van der Waals surface area contributed by atoms with Gasteiger partial charge in [0.25, 0.3) is 0 Å². The SMILES string of the molecule is CC(Oc1cc(F)ccc1Br)C(=O)c1cccc(Cl)c1. The maximum absolute atomic E-state index is 13.2. The lowest BCUT2D eigenvalue weighted by molar-refractivity contribution is 0.0816. The van der Waals surface area contributed by atoms with Crippen LogP contribution in [-0.4, -0.2) is 11.9 Å². The Morgan fingerprint density at radius 2 is 2.05 bits per heavy atom. The van der Waals surface area contributed by atoms with Crippen molar-refractivity contribution in [1.29, 1.82) is 0 Å². The van der Waals surface area contributed by atoms with Gasteiger partial charge in [-0.25, -0.2) is 4.39 Å². The van der Waals surface area contributed by atoms with Crippen molar-refractivity contribution in [1.82, 2.24) is 0 Å². The van der Waals surface area contributed by atoms with E-state index in [-0.39, 0.29) is 11.5 Å². The van der Waals surface area contributed by atoms with Gasteiger partial charge in [-0.05, 0) is 47.1 Å². The van der Waals surface area contributed by atoms with E-state index in [0.717, 1.165) is 0 Å². The number of rotatable bonds is 4. The molecule has 0 saturated carbocycles. The molecule has 0 spiro atoms. The van der Waals surface area contributed by atoms with Gasteiger partial charge >= 0.3 is 0 Å². The lowest BCUT2D eigenvalue weighted by Crippen LogP contribution is -2.24. The minimum atomic E-state index is -0.744. The molecule has 2 aromatic rings. The molecule has 0 amide bonds. The first-order valence-electron chi connectivity index (χ1n) is 5.89. The van der Waals surface area contributed by atoms with Crippen LogP contribution in [0.3, 0.4) is 0 Å². The third-order valence-corrected chi connectivity index (χ3v) is 3.57. The van der Waals surface area contributed by atoms with Crippen LogP contribution in [0.5, 0.6) is 5.75 Å². The Balaban J connectivity index is 2.17. The highest BCUT2D eigenvalue weighted by molar-refractivity contribution is 9.10. The fourth-order valence-electron chi connectivity index (χ4n) is 1.69. The molecule has 1 atom stereocenters. The van der Waals surface area contributed by atoms with Crippen LogP contribution in [0.2, 0.25) is 5.02 Å². The van der Waals surface area contributed by atoms with Crippen molar-refractivity contribution in [2.24, 2.45) is 0 Å². The third kappa shape index (κ3) is 3.58. The van der Waals surface area contributed by atoms with E-state index < -0.39 is 11.9 Å². The predicted octanol–water partition coefficient (Wildman–Crippen LogP) is 4.89. The first kappa shape index (κ1) is 15.0. The predicted molar refractivity (Wildman–Crippen MR) is 80.0 cm³/mol. The molecule has 0 aliphatic carbocycles. The van der Waals surface area contributed by atoms with Gasteiger partial charge in [-0.1, -0.05) is 23.7 Å². The van der Waals surface area contributed by atoms with E-state index in [9.17, 15) is 9.18 Å². The largest absolute Gasteiger partial charge is 0.481 e. The average Bonchev–Trinajstić information content (AvgIpc) is 2.42. The van der Waals surface area contributed by atoms with E-state index in [1.54, 1.807) is 31.2 Å². The van der Waals surface area contributed by atoms with E-state index >= 15 is 0 Å². The van der Waals surface area contributed by atoms with E-state index in [1.807, 2.05) is 0 Å². The quantitative estimate of drug-likeness (QED) is 0.728. The van der Waals surface area contributed by atoms with Crippen LogP contribution in [0.4, 0.5) is 4.39 Å². The number of carbonyl (C=O) groups excluding carboxylic acids is 1. The maximum atomic E-state index is 13.2. The van der Waals surface area contributed by atoms with Gasteiger partial charge in [0, 0.05) is 16.7 Å². The second-order valence-corrected chi connectivity index (χ2v) is 5.50. The van der Waals surface area contributed by atoms with E-state index in [2.05, 4.69) is 15.9 Å². The van der Waals surface area contributed by atoms with Crippen LogP contribution >= 0.6 is 27.5 Å². The molecule has 0 saturated heterocycles. The minimum absolute atomic E-state index is 0.219. The topological polar surface area (TPSA) is 26.3 Å². The van der Waals surface area contributed by atoms with Crippen molar-refractivity contribution >= 4 is 33.3 Å². The summed E-state index contributed by atoms with van der Waals surface area (Å²) < 4.78 is 19.3. The highest BCUT2D eigenvalue weighted by atomic mass is 79.9. The zero-order valence-electron chi connectivity index (χ0n) is 10.6. The standard InChI is InChI=1S/C15H11BrClFO2/c1-9(15(19)10-3-2-4-11(17)7-10)20-14-8-12(18)5-6-13(14)16/h2-9H,1H3. The number of carbonyl (C=O) groups is 1. The van der Waals surface area contributed by atoms with Gasteiger partial charge in [0.1, 0.15) is 11.6 Å². The van der Waals surface area contributed by atoms with Crippen LogP contribution in [-0.2, 0) is 0 Å². The van der Waals surface area contributed by atoms with Gasteiger partial charge < -0.3 is 4.74 Å². The number of halogens is 3. The molecule has 0 aromatic heterocycles. The summed E-state index contributed by atoms with van der Waals surface area (Å²) in [5.41, 5.74) is 0.456. The molecule has 0 heterocycles. The van der Waals surface area contributed by atoms with Crippen molar-refractivity contribution in [3.8, 4) is 5.75 Å². The first-order chi connectivity index (χ1) is 9.47. The van der Waals surface area contributed by atoms with Crippen LogP contribution in [0.15, 0.2) is 46.9 Å². The highest BCUT2D eigenvalue weighted by Crippen LogP contribution is 2.27. The number of benzene rings is 2. The molecule has 0 radical (unpaired) electrons. The van der Waals surface area contributed by atoms with Gasteiger partial charge in [-0.3, -0.25) is 4.79 Å². The first-order valence-corrected chi connectivity index (χ1v) is 7.06. The molecule has 0 aliphatic heterocycles. The zero-order valence-corrected chi connectivity index (χ0v) is 12.9. The normalized spacial score (nSPS) is 12.0.